The number of benzene rings is 1. The third-order valence-electron chi connectivity index (χ3n) is 5.28. The van der Waals surface area contributed by atoms with Crippen LogP contribution < -0.4 is 4.74 Å². The molecule has 144 valence electrons. The molecule has 2 saturated heterocycles. The largest absolute Gasteiger partial charge is 0.491 e. The van der Waals surface area contributed by atoms with Crippen molar-refractivity contribution in [1.29, 1.82) is 0 Å². The molecule has 0 N–H and O–H groups in total. The highest BCUT2D eigenvalue weighted by molar-refractivity contribution is 6.32. The summed E-state index contributed by atoms with van der Waals surface area (Å²) in [6.45, 7) is 7.85. The molecule has 0 radical (unpaired) electrons. The molecule has 0 aliphatic carbocycles. The molecule has 26 heavy (non-hydrogen) atoms. The number of ether oxygens (including phenoxy) is 1. The van der Waals surface area contributed by atoms with Crippen LogP contribution >= 0.6 is 11.6 Å². The number of hydrogen-bond acceptors (Lipinski definition) is 4. The number of likely N-dealkylation sites (tertiary alicyclic amines) is 1. The van der Waals surface area contributed by atoms with E-state index in [1.54, 1.807) is 0 Å². The van der Waals surface area contributed by atoms with Gasteiger partial charge in [-0.1, -0.05) is 36.6 Å². The fraction of sp³-hybridized carbons (Fsp3) is 0.650. The van der Waals surface area contributed by atoms with Gasteiger partial charge in [-0.2, -0.15) is 0 Å². The Morgan fingerprint density at radius 3 is 2.27 bits per heavy atom. The van der Waals surface area contributed by atoms with Crippen molar-refractivity contribution in [3.8, 4) is 5.75 Å². The van der Waals surface area contributed by atoms with Crippen molar-refractivity contribution in [3.05, 3.63) is 29.3 Å². The molecule has 0 spiro atoms. The van der Waals surface area contributed by atoms with Gasteiger partial charge in [0.15, 0.2) is 0 Å². The zero-order valence-electron chi connectivity index (χ0n) is 15.5. The molecule has 2 aliphatic heterocycles. The lowest BCUT2D eigenvalue weighted by molar-refractivity contribution is -0.132. The van der Waals surface area contributed by atoms with Gasteiger partial charge in [-0.05, 0) is 25.0 Å². The number of halogens is 1. The van der Waals surface area contributed by atoms with Gasteiger partial charge in [-0.3, -0.25) is 14.6 Å². The normalized spacial score (nSPS) is 20.0. The average Bonchev–Trinajstić information content (AvgIpc) is 2.94. The highest BCUT2D eigenvalue weighted by atomic mass is 35.5. The van der Waals surface area contributed by atoms with Crippen LogP contribution in [0.1, 0.15) is 25.7 Å². The summed E-state index contributed by atoms with van der Waals surface area (Å²) in [4.78, 5) is 19.2. The molecule has 6 heteroatoms. The van der Waals surface area contributed by atoms with Crippen molar-refractivity contribution in [2.45, 2.75) is 25.7 Å². The molecule has 3 rings (SSSR count). The molecule has 0 bridgehead atoms. The molecule has 2 heterocycles. The first kappa shape index (κ1) is 19.5. The molecule has 0 saturated carbocycles. The number of para-hydroxylation sites is 1. The SMILES string of the molecule is O=C(CN1CCN(CCOc2ccccc2Cl)CC1)N1CCCCCC1. The van der Waals surface area contributed by atoms with Gasteiger partial charge >= 0.3 is 0 Å². The molecular weight excluding hydrogens is 350 g/mol. The predicted molar refractivity (Wildman–Crippen MR) is 105 cm³/mol. The first-order chi connectivity index (χ1) is 12.7. The minimum Gasteiger partial charge on any atom is -0.491 e. The number of carbonyl (C=O) groups excluding carboxylic acids is 1. The summed E-state index contributed by atoms with van der Waals surface area (Å²) in [5.74, 6) is 1.05. The second-order valence-corrected chi connectivity index (χ2v) is 7.60. The Kier molecular flexibility index (Phi) is 7.59. The van der Waals surface area contributed by atoms with Crippen molar-refractivity contribution < 1.29 is 9.53 Å². The van der Waals surface area contributed by atoms with Crippen LogP contribution in [-0.4, -0.2) is 79.6 Å². The summed E-state index contributed by atoms with van der Waals surface area (Å²) in [6, 6.07) is 7.58. The van der Waals surface area contributed by atoms with E-state index in [4.69, 9.17) is 16.3 Å². The lowest BCUT2D eigenvalue weighted by Crippen LogP contribution is -2.50. The van der Waals surface area contributed by atoms with Gasteiger partial charge in [0.2, 0.25) is 5.91 Å². The van der Waals surface area contributed by atoms with E-state index in [1.807, 2.05) is 24.3 Å². The number of amides is 1. The van der Waals surface area contributed by atoms with Crippen LogP contribution in [0.15, 0.2) is 24.3 Å². The average molecular weight is 380 g/mol. The lowest BCUT2D eigenvalue weighted by Gasteiger charge is -2.35. The van der Waals surface area contributed by atoms with E-state index in [2.05, 4.69) is 14.7 Å². The van der Waals surface area contributed by atoms with Crippen molar-refractivity contribution >= 4 is 17.5 Å². The van der Waals surface area contributed by atoms with E-state index in [1.165, 1.54) is 12.8 Å². The molecule has 1 amide bonds. The highest BCUT2D eigenvalue weighted by Crippen LogP contribution is 2.22. The molecule has 2 fully saturated rings. The standard InChI is InChI=1S/C20H30ClN3O2/c21-18-7-3-4-8-19(18)26-16-15-22-11-13-23(14-12-22)17-20(25)24-9-5-1-2-6-10-24/h3-4,7-8H,1-2,5-6,9-17H2. The lowest BCUT2D eigenvalue weighted by atomic mass is 10.2. The molecule has 0 aromatic heterocycles. The Hall–Kier alpha value is -1.30. The Balaban J connectivity index is 1.33. The molecule has 2 aliphatic rings. The maximum absolute atomic E-state index is 12.5. The van der Waals surface area contributed by atoms with Crippen LogP contribution in [0.2, 0.25) is 5.02 Å². The van der Waals surface area contributed by atoms with Gasteiger partial charge in [-0.25, -0.2) is 0 Å². The fourth-order valence-electron chi connectivity index (χ4n) is 3.63. The summed E-state index contributed by atoms with van der Waals surface area (Å²) in [7, 11) is 0. The van der Waals surface area contributed by atoms with Gasteiger partial charge in [0.1, 0.15) is 12.4 Å². The zero-order chi connectivity index (χ0) is 18.2. The van der Waals surface area contributed by atoms with Gasteiger partial charge in [0.05, 0.1) is 11.6 Å². The summed E-state index contributed by atoms with van der Waals surface area (Å²) in [5.41, 5.74) is 0. The quantitative estimate of drug-likeness (QED) is 0.761. The molecule has 0 atom stereocenters. The van der Waals surface area contributed by atoms with Crippen molar-refractivity contribution in [2.24, 2.45) is 0 Å². The summed E-state index contributed by atoms with van der Waals surface area (Å²) in [6.07, 6.45) is 4.84. The van der Waals surface area contributed by atoms with Crippen LogP contribution in [0.25, 0.3) is 0 Å². The van der Waals surface area contributed by atoms with Crippen molar-refractivity contribution in [3.63, 3.8) is 0 Å². The predicted octanol–water partition coefficient (Wildman–Crippen LogP) is 2.74. The van der Waals surface area contributed by atoms with Gasteiger partial charge in [0, 0.05) is 45.8 Å². The van der Waals surface area contributed by atoms with Crippen LogP contribution in [0.3, 0.4) is 0 Å². The third-order valence-corrected chi connectivity index (χ3v) is 5.60. The molecule has 1 aromatic rings. The van der Waals surface area contributed by atoms with E-state index in [0.717, 1.165) is 64.4 Å². The van der Waals surface area contributed by atoms with Crippen LogP contribution in [0.4, 0.5) is 0 Å². The zero-order valence-corrected chi connectivity index (χ0v) is 16.3. The van der Waals surface area contributed by atoms with Crippen molar-refractivity contribution in [1.82, 2.24) is 14.7 Å². The maximum Gasteiger partial charge on any atom is 0.236 e. The smallest absolute Gasteiger partial charge is 0.236 e. The monoisotopic (exact) mass is 379 g/mol. The molecular formula is C20H30ClN3O2. The van der Waals surface area contributed by atoms with E-state index < -0.39 is 0 Å². The van der Waals surface area contributed by atoms with Gasteiger partial charge in [0.25, 0.3) is 0 Å². The minimum absolute atomic E-state index is 0.308. The summed E-state index contributed by atoms with van der Waals surface area (Å²) >= 11 is 6.11. The van der Waals surface area contributed by atoms with Gasteiger partial charge < -0.3 is 9.64 Å². The molecule has 0 unspecified atom stereocenters. The second-order valence-electron chi connectivity index (χ2n) is 7.19. The second kappa shape index (κ2) is 10.1. The van der Waals surface area contributed by atoms with E-state index in [9.17, 15) is 4.79 Å². The number of hydrogen-bond donors (Lipinski definition) is 0. The van der Waals surface area contributed by atoms with Crippen LogP contribution in [0, 0.1) is 0 Å². The summed E-state index contributed by atoms with van der Waals surface area (Å²) in [5, 5.41) is 0.657. The highest BCUT2D eigenvalue weighted by Gasteiger charge is 2.22. The first-order valence-corrected chi connectivity index (χ1v) is 10.2. The van der Waals surface area contributed by atoms with Gasteiger partial charge in [-0.15, -0.1) is 0 Å². The van der Waals surface area contributed by atoms with E-state index in [0.29, 0.717) is 24.1 Å². The summed E-state index contributed by atoms with van der Waals surface area (Å²) < 4.78 is 5.77. The fourth-order valence-corrected chi connectivity index (χ4v) is 3.82. The number of rotatable bonds is 6. The number of piperazine rings is 1. The Morgan fingerprint density at radius 1 is 0.923 bits per heavy atom. The molecule has 1 aromatic carbocycles. The van der Waals surface area contributed by atoms with Crippen LogP contribution in [0.5, 0.6) is 5.75 Å². The third kappa shape index (κ3) is 5.86. The van der Waals surface area contributed by atoms with E-state index in [-0.39, 0.29) is 0 Å². The molecule has 5 nitrogen and oxygen atoms in total. The number of carbonyl (C=O) groups is 1. The minimum atomic E-state index is 0.308. The Bertz CT molecular complexity index is 568. The number of nitrogens with zero attached hydrogens (tertiary/aromatic N) is 3. The van der Waals surface area contributed by atoms with Crippen LogP contribution in [-0.2, 0) is 4.79 Å². The Labute approximate surface area is 161 Å². The van der Waals surface area contributed by atoms with E-state index >= 15 is 0 Å². The topological polar surface area (TPSA) is 36.0 Å². The first-order valence-electron chi connectivity index (χ1n) is 9.82. The Morgan fingerprint density at radius 2 is 1.58 bits per heavy atom. The van der Waals surface area contributed by atoms with Crippen molar-refractivity contribution in [2.75, 3.05) is 59.0 Å². The maximum atomic E-state index is 12.5.